The van der Waals surface area contributed by atoms with Gasteiger partial charge < -0.3 is 10.2 Å². The summed E-state index contributed by atoms with van der Waals surface area (Å²) in [6.45, 7) is 3.08. The summed E-state index contributed by atoms with van der Waals surface area (Å²) in [7, 11) is -5.84. The molecule has 21 heavy (non-hydrogen) atoms. The van der Waals surface area contributed by atoms with Gasteiger partial charge in [0, 0.05) is 0 Å². The maximum Gasteiger partial charge on any atom is 0.522 e. The molecule has 0 aromatic heterocycles. The van der Waals surface area contributed by atoms with Crippen molar-refractivity contribution in [2.45, 2.75) is 25.3 Å². The van der Waals surface area contributed by atoms with E-state index in [1.165, 1.54) is 5.23 Å². The molecule has 130 valence electrons. The van der Waals surface area contributed by atoms with Gasteiger partial charge in [-0.2, -0.15) is 21.6 Å². The van der Waals surface area contributed by atoms with Crippen LogP contribution in [0.4, 0.5) is 13.2 Å². The average molecular weight is 343 g/mol. The van der Waals surface area contributed by atoms with E-state index in [4.69, 9.17) is 32.9 Å². The fourth-order valence-electron chi connectivity index (χ4n) is 0.739. The Morgan fingerprint density at radius 2 is 1.48 bits per heavy atom. The quantitative estimate of drug-likeness (QED) is 0.312. The highest BCUT2D eigenvalue weighted by Gasteiger charge is 2.44. The van der Waals surface area contributed by atoms with E-state index in [1.807, 2.05) is 0 Å². The summed E-state index contributed by atoms with van der Waals surface area (Å²) in [4.78, 5) is 10.1. The van der Waals surface area contributed by atoms with E-state index >= 15 is 0 Å². The van der Waals surface area contributed by atoms with Crippen LogP contribution in [0, 0.1) is 0 Å². The Labute approximate surface area is 120 Å². The largest absolute Gasteiger partial charge is 0.522 e. The van der Waals surface area contributed by atoms with Crippen molar-refractivity contribution in [3.05, 3.63) is 0 Å². The number of nitrogens with zero attached hydrogens (tertiary/aromatic N) is 1. The van der Waals surface area contributed by atoms with Crippen LogP contribution < -0.4 is 0 Å². The Bertz CT molecular complexity index is 318. The van der Waals surface area contributed by atoms with Crippen molar-refractivity contribution in [3.63, 3.8) is 0 Å². The van der Waals surface area contributed by atoms with Gasteiger partial charge in [0.05, 0.1) is 33.0 Å². The highest BCUT2D eigenvalue weighted by molar-refractivity contribution is 7.86. The second kappa shape index (κ2) is 12.1. The third-order valence-corrected chi connectivity index (χ3v) is 2.22. The van der Waals surface area contributed by atoms with Crippen LogP contribution in [-0.4, -0.2) is 66.9 Å². The van der Waals surface area contributed by atoms with Crippen molar-refractivity contribution in [3.8, 4) is 0 Å². The molecule has 12 heteroatoms. The summed E-state index contributed by atoms with van der Waals surface area (Å²) in [5.41, 5.74) is -5.53. The summed E-state index contributed by atoms with van der Waals surface area (Å²) in [6.07, 6.45) is 2.00. The number of unbranched alkanes of at least 4 members (excludes halogenated alkanes) is 1. The zero-order valence-corrected chi connectivity index (χ0v) is 12.2. The Morgan fingerprint density at radius 1 is 1.10 bits per heavy atom. The highest BCUT2D eigenvalue weighted by atomic mass is 32.2. The monoisotopic (exact) mass is 343 g/mol. The van der Waals surface area contributed by atoms with Crippen LogP contribution in [0.15, 0.2) is 0 Å². The number of hydroxylamine groups is 2. The maximum atomic E-state index is 10.7. The van der Waals surface area contributed by atoms with Crippen LogP contribution in [0.25, 0.3) is 0 Å². The summed E-state index contributed by atoms with van der Waals surface area (Å²) < 4.78 is 57.5. The molecular weight excluding hydrogens is 323 g/mol. The Morgan fingerprint density at radius 3 is 1.71 bits per heavy atom. The fourth-order valence-corrected chi connectivity index (χ4v) is 0.739. The molecule has 3 N–H and O–H groups in total. The van der Waals surface area contributed by atoms with E-state index in [2.05, 4.69) is 6.92 Å². The summed E-state index contributed by atoms with van der Waals surface area (Å²) in [5, 5.41) is 18.3. The molecule has 0 bridgehead atoms. The van der Waals surface area contributed by atoms with E-state index in [0.29, 0.717) is 6.54 Å². The number of aliphatic hydroxyl groups excluding tert-OH is 2. The molecule has 0 radical (unpaired) electrons. The molecule has 0 spiro atoms. The lowest BCUT2D eigenvalue weighted by Crippen LogP contribution is -2.28. The molecule has 0 heterocycles. The van der Waals surface area contributed by atoms with Gasteiger partial charge in [0.1, 0.15) is 0 Å². The molecular formula is C9H20F3NO7S. The van der Waals surface area contributed by atoms with Gasteiger partial charge in [-0.15, -0.1) is 0 Å². The molecule has 0 amide bonds. The SMILES string of the molecule is CCCCN(OCCO)OCCO.O=S(=O)(O)C(F)(F)F. The third-order valence-electron chi connectivity index (χ3n) is 1.64. The Balaban J connectivity index is 0. The van der Waals surface area contributed by atoms with Crippen molar-refractivity contribution < 1.29 is 46.0 Å². The minimum absolute atomic E-state index is 0.0366. The lowest BCUT2D eigenvalue weighted by molar-refractivity contribution is -0.371. The van der Waals surface area contributed by atoms with Gasteiger partial charge in [0.2, 0.25) is 0 Å². The first kappa shape index (κ1) is 22.8. The number of aliphatic hydroxyl groups is 2. The summed E-state index contributed by atoms with van der Waals surface area (Å²) in [5.74, 6) is 0. The van der Waals surface area contributed by atoms with Gasteiger partial charge in [-0.1, -0.05) is 18.6 Å². The zero-order valence-electron chi connectivity index (χ0n) is 11.4. The van der Waals surface area contributed by atoms with Gasteiger partial charge in [-0.25, -0.2) is 0 Å². The number of rotatable bonds is 9. The molecule has 0 saturated heterocycles. The van der Waals surface area contributed by atoms with Crippen LogP contribution >= 0.6 is 0 Å². The first-order chi connectivity index (χ1) is 9.60. The van der Waals surface area contributed by atoms with E-state index in [0.717, 1.165) is 12.8 Å². The highest BCUT2D eigenvalue weighted by Crippen LogP contribution is 2.20. The number of hydrogen-bond donors (Lipinski definition) is 3. The van der Waals surface area contributed by atoms with E-state index < -0.39 is 15.6 Å². The molecule has 0 fully saturated rings. The molecule has 0 aromatic rings. The number of halogens is 3. The molecule has 8 nitrogen and oxygen atoms in total. The molecule has 0 aliphatic rings. The topological polar surface area (TPSA) is 117 Å². The van der Waals surface area contributed by atoms with Crippen molar-refractivity contribution in [2.75, 3.05) is 33.0 Å². The van der Waals surface area contributed by atoms with E-state index in [1.54, 1.807) is 0 Å². The number of alkyl halides is 3. The van der Waals surface area contributed by atoms with Crippen LogP contribution in [0.1, 0.15) is 19.8 Å². The van der Waals surface area contributed by atoms with E-state index in [9.17, 15) is 13.2 Å². The summed E-state index contributed by atoms with van der Waals surface area (Å²) >= 11 is 0. The lowest BCUT2D eigenvalue weighted by Gasteiger charge is -2.19. The minimum atomic E-state index is -5.84. The fraction of sp³-hybridized carbons (Fsp3) is 1.00. The van der Waals surface area contributed by atoms with Crippen LogP contribution in [-0.2, 0) is 19.8 Å². The van der Waals surface area contributed by atoms with Gasteiger partial charge in [-0.05, 0) is 6.42 Å². The molecule has 0 saturated carbocycles. The number of hydrogen-bond acceptors (Lipinski definition) is 7. The van der Waals surface area contributed by atoms with Crippen molar-refractivity contribution >= 4 is 10.1 Å². The molecule has 0 aromatic carbocycles. The summed E-state index contributed by atoms with van der Waals surface area (Å²) in [6, 6.07) is 0. The normalized spacial score (nSPS) is 12.2. The molecule has 0 aliphatic heterocycles. The first-order valence-corrected chi connectivity index (χ1v) is 7.33. The predicted octanol–water partition coefficient (Wildman–Crippen LogP) is 0.330. The van der Waals surface area contributed by atoms with Gasteiger partial charge in [0.25, 0.3) is 0 Å². The van der Waals surface area contributed by atoms with E-state index in [-0.39, 0.29) is 26.4 Å². The standard InChI is InChI=1S/C8H19NO4.CHF3O3S/c1-2-3-4-9(12-7-5-10)13-8-6-11;2-1(3,4)8(5,6)7/h10-11H,2-8H2,1H3;(H,5,6,7). The second-order valence-corrected chi connectivity index (χ2v) is 4.86. The van der Waals surface area contributed by atoms with Crippen molar-refractivity contribution in [2.24, 2.45) is 0 Å². The molecule has 0 unspecified atom stereocenters. The van der Waals surface area contributed by atoms with Gasteiger partial charge in [-0.3, -0.25) is 14.2 Å². The van der Waals surface area contributed by atoms with Crippen molar-refractivity contribution in [1.82, 2.24) is 5.23 Å². The lowest BCUT2D eigenvalue weighted by atomic mass is 10.3. The predicted molar refractivity (Wildman–Crippen MR) is 65.3 cm³/mol. The molecule has 0 rings (SSSR count). The van der Waals surface area contributed by atoms with Gasteiger partial charge >= 0.3 is 15.6 Å². The molecule has 0 aliphatic carbocycles. The van der Waals surface area contributed by atoms with Crippen molar-refractivity contribution in [1.29, 1.82) is 0 Å². The maximum absolute atomic E-state index is 10.7. The smallest absolute Gasteiger partial charge is 0.394 e. The van der Waals surface area contributed by atoms with Gasteiger partial charge in [0.15, 0.2) is 0 Å². The molecule has 0 atom stereocenters. The zero-order chi connectivity index (χ0) is 16.9. The minimum Gasteiger partial charge on any atom is -0.394 e. The van der Waals surface area contributed by atoms with Crippen LogP contribution in [0.3, 0.4) is 0 Å². The first-order valence-electron chi connectivity index (χ1n) is 5.89. The Hall–Kier alpha value is -0.500. The van der Waals surface area contributed by atoms with Crippen LogP contribution in [0.2, 0.25) is 0 Å². The average Bonchev–Trinajstić information content (AvgIpc) is 2.36. The second-order valence-electron chi connectivity index (χ2n) is 3.44. The Kier molecular flexibility index (Phi) is 13.1. The third kappa shape index (κ3) is 14.2. The van der Waals surface area contributed by atoms with Crippen LogP contribution in [0.5, 0.6) is 0 Å².